The number of aryl methyl sites for hydroxylation is 2. The van der Waals surface area contributed by atoms with Gasteiger partial charge in [0.1, 0.15) is 11.8 Å². The van der Waals surface area contributed by atoms with Crippen molar-refractivity contribution in [3.05, 3.63) is 29.3 Å². The minimum Gasteiger partial charge on any atom is -0.481 e. The van der Waals surface area contributed by atoms with Crippen molar-refractivity contribution in [3.8, 4) is 5.75 Å². The van der Waals surface area contributed by atoms with Crippen molar-refractivity contribution >= 4 is 11.9 Å². The number of carbonyl (C=O) groups excluding carboxylic acids is 1. The molecule has 1 aliphatic rings. The van der Waals surface area contributed by atoms with Gasteiger partial charge in [-0.05, 0) is 55.4 Å². The van der Waals surface area contributed by atoms with Gasteiger partial charge in [-0.25, -0.2) is 4.79 Å². The van der Waals surface area contributed by atoms with Crippen LogP contribution < -0.4 is 10.1 Å². The first kappa shape index (κ1) is 16.3. The lowest BCUT2D eigenvalue weighted by Gasteiger charge is -2.21. The summed E-state index contributed by atoms with van der Waals surface area (Å²) >= 11 is 0. The van der Waals surface area contributed by atoms with Crippen LogP contribution in [0.3, 0.4) is 0 Å². The van der Waals surface area contributed by atoms with E-state index in [9.17, 15) is 9.59 Å². The predicted octanol–water partition coefficient (Wildman–Crippen LogP) is 2.17. The van der Waals surface area contributed by atoms with Gasteiger partial charge in [-0.3, -0.25) is 4.79 Å². The van der Waals surface area contributed by atoms with Gasteiger partial charge in [-0.1, -0.05) is 19.9 Å². The Labute approximate surface area is 130 Å². The van der Waals surface area contributed by atoms with Crippen LogP contribution in [0.1, 0.15) is 38.3 Å². The Morgan fingerprint density at radius 2 is 1.86 bits per heavy atom. The molecule has 0 bridgehead atoms. The highest BCUT2D eigenvalue weighted by Gasteiger charge is 2.26. The molecule has 0 aliphatic heterocycles. The first-order chi connectivity index (χ1) is 10.4. The van der Waals surface area contributed by atoms with Crippen molar-refractivity contribution in [3.63, 3.8) is 0 Å². The molecule has 2 unspecified atom stereocenters. The van der Waals surface area contributed by atoms with Gasteiger partial charge in [-0.2, -0.15) is 0 Å². The zero-order valence-corrected chi connectivity index (χ0v) is 13.3. The second kappa shape index (κ2) is 6.81. The molecule has 2 rings (SSSR count). The second-order valence-electron chi connectivity index (χ2n) is 6.11. The lowest BCUT2D eigenvalue weighted by Crippen LogP contribution is -2.48. The molecule has 0 fully saturated rings. The third-order valence-electron chi connectivity index (χ3n) is 3.98. The average Bonchev–Trinajstić information content (AvgIpc) is 2.91. The van der Waals surface area contributed by atoms with Crippen LogP contribution in [0.4, 0.5) is 0 Å². The summed E-state index contributed by atoms with van der Waals surface area (Å²) in [5.41, 5.74) is 2.62. The van der Waals surface area contributed by atoms with Crippen LogP contribution in [0, 0.1) is 5.92 Å². The highest BCUT2D eigenvalue weighted by Crippen LogP contribution is 2.26. The van der Waals surface area contributed by atoms with Crippen LogP contribution in [0.5, 0.6) is 5.75 Å². The van der Waals surface area contributed by atoms with E-state index in [2.05, 4.69) is 5.32 Å². The van der Waals surface area contributed by atoms with Crippen LogP contribution in [0.25, 0.3) is 0 Å². The van der Waals surface area contributed by atoms with Gasteiger partial charge in [0.25, 0.3) is 5.91 Å². The summed E-state index contributed by atoms with van der Waals surface area (Å²) in [4.78, 5) is 23.2. The highest BCUT2D eigenvalue weighted by molar-refractivity contribution is 5.86. The number of nitrogens with one attached hydrogen (secondary N) is 1. The maximum atomic E-state index is 12.1. The summed E-state index contributed by atoms with van der Waals surface area (Å²) < 4.78 is 5.66. The molecule has 0 saturated carbocycles. The molecule has 5 nitrogen and oxygen atoms in total. The maximum absolute atomic E-state index is 12.1. The Morgan fingerprint density at radius 1 is 1.18 bits per heavy atom. The number of amides is 1. The number of fused-ring (bicyclic) bond motifs is 1. The number of benzene rings is 1. The molecule has 1 aromatic rings. The fourth-order valence-corrected chi connectivity index (χ4v) is 2.66. The van der Waals surface area contributed by atoms with Crippen molar-refractivity contribution in [2.24, 2.45) is 5.92 Å². The number of carbonyl (C=O) groups is 2. The molecule has 2 atom stereocenters. The number of aliphatic carboxylic acids is 1. The SMILES string of the molecule is CC(Oc1ccc2c(c1)CCC2)C(=O)NC(C(=O)O)C(C)C. The largest absolute Gasteiger partial charge is 0.481 e. The van der Waals surface area contributed by atoms with E-state index in [4.69, 9.17) is 9.84 Å². The van der Waals surface area contributed by atoms with Crippen molar-refractivity contribution < 1.29 is 19.4 Å². The Balaban J connectivity index is 1.97. The molecule has 1 aromatic carbocycles. The Kier molecular flexibility index (Phi) is 5.06. The summed E-state index contributed by atoms with van der Waals surface area (Å²) in [6.45, 7) is 5.14. The van der Waals surface area contributed by atoms with Gasteiger partial charge in [0, 0.05) is 0 Å². The van der Waals surface area contributed by atoms with E-state index in [1.54, 1.807) is 20.8 Å². The second-order valence-corrected chi connectivity index (χ2v) is 6.11. The minimum atomic E-state index is -1.03. The zero-order valence-electron chi connectivity index (χ0n) is 13.3. The summed E-state index contributed by atoms with van der Waals surface area (Å²) in [5.74, 6) is -0.983. The third-order valence-corrected chi connectivity index (χ3v) is 3.98. The number of rotatable bonds is 6. The molecule has 1 aliphatic carbocycles. The molecule has 2 N–H and O–H groups in total. The predicted molar refractivity (Wildman–Crippen MR) is 83.0 cm³/mol. The van der Waals surface area contributed by atoms with Crippen LogP contribution in [0.15, 0.2) is 18.2 Å². The maximum Gasteiger partial charge on any atom is 0.326 e. The van der Waals surface area contributed by atoms with E-state index < -0.39 is 24.0 Å². The number of hydrogen-bond acceptors (Lipinski definition) is 3. The van der Waals surface area contributed by atoms with E-state index in [1.165, 1.54) is 11.1 Å². The van der Waals surface area contributed by atoms with E-state index in [1.807, 2.05) is 18.2 Å². The van der Waals surface area contributed by atoms with Crippen LogP contribution in [0.2, 0.25) is 0 Å². The number of ether oxygens (including phenoxy) is 1. The van der Waals surface area contributed by atoms with E-state index in [-0.39, 0.29) is 5.92 Å². The molecule has 0 heterocycles. The molecule has 22 heavy (non-hydrogen) atoms. The Bertz CT molecular complexity index is 568. The van der Waals surface area contributed by atoms with E-state index in [0.29, 0.717) is 5.75 Å². The van der Waals surface area contributed by atoms with Gasteiger partial charge < -0.3 is 15.2 Å². The van der Waals surface area contributed by atoms with E-state index >= 15 is 0 Å². The van der Waals surface area contributed by atoms with E-state index in [0.717, 1.165) is 19.3 Å². The van der Waals surface area contributed by atoms with Gasteiger partial charge in [0.05, 0.1) is 0 Å². The van der Waals surface area contributed by atoms with Gasteiger partial charge in [0.2, 0.25) is 0 Å². The fourth-order valence-electron chi connectivity index (χ4n) is 2.66. The molecular formula is C17H23NO4. The number of carboxylic acid groups (broad SMARTS) is 1. The van der Waals surface area contributed by atoms with Crippen molar-refractivity contribution in [2.75, 3.05) is 0 Å². The highest BCUT2D eigenvalue weighted by atomic mass is 16.5. The minimum absolute atomic E-state index is 0.186. The van der Waals surface area contributed by atoms with Crippen LogP contribution in [-0.2, 0) is 22.4 Å². The third kappa shape index (κ3) is 3.78. The molecule has 0 radical (unpaired) electrons. The van der Waals surface area contributed by atoms with Gasteiger partial charge >= 0.3 is 5.97 Å². The molecule has 0 aromatic heterocycles. The Hall–Kier alpha value is -2.04. The van der Waals surface area contributed by atoms with Gasteiger partial charge in [0.15, 0.2) is 6.10 Å². The fraction of sp³-hybridized carbons (Fsp3) is 0.529. The molecule has 5 heteroatoms. The van der Waals surface area contributed by atoms with Crippen molar-refractivity contribution in [1.29, 1.82) is 0 Å². The summed E-state index contributed by atoms with van der Waals surface area (Å²) in [6, 6.07) is 4.98. The lowest BCUT2D eigenvalue weighted by atomic mass is 10.0. The van der Waals surface area contributed by atoms with Crippen molar-refractivity contribution in [2.45, 2.75) is 52.2 Å². The summed E-state index contributed by atoms with van der Waals surface area (Å²) in [5, 5.41) is 11.6. The lowest BCUT2D eigenvalue weighted by molar-refractivity contribution is -0.144. The van der Waals surface area contributed by atoms with Crippen molar-refractivity contribution in [1.82, 2.24) is 5.32 Å². The summed E-state index contributed by atoms with van der Waals surface area (Å²) in [6.07, 6.45) is 2.56. The number of carboxylic acids is 1. The number of hydrogen-bond donors (Lipinski definition) is 2. The summed E-state index contributed by atoms with van der Waals surface area (Å²) in [7, 11) is 0. The molecule has 1 amide bonds. The first-order valence-electron chi connectivity index (χ1n) is 7.70. The molecule has 0 spiro atoms. The molecular weight excluding hydrogens is 282 g/mol. The van der Waals surface area contributed by atoms with Crippen LogP contribution in [-0.4, -0.2) is 29.1 Å². The smallest absolute Gasteiger partial charge is 0.326 e. The normalized spacial score (nSPS) is 16.0. The first-order valence-corrected chi connectivity index (χ1v) is 7.70. The zero-order chi connectivity index (χ0) is 16.3. The standard InChI is InChI=1S/C17H23NO4/c1-10(2)15(17(20)21)18-16(19)11(3)22-14-8-7-12-5-4-6-13(12)9-14/h7-11,15H,4-6H2,1-3H3,(H,18,19)(H,20,21). The van der Waals surface area contributed by atoms with Crippen LogP contribution >= 0.6 is 0 Å². The molecule has 120 valence electrons. The quantitative estimate of drug-likeness (QED) is 0.844. The van der Waals surface area contributed by atoms with Gasteiger partial charge in [-0.15, -0.1) is 0 Å². The monoisotopic (exact) mass is 305 g/mol. The average molecular weight is 305 g/mol. The topological polar surface area (TPSA) is 75.6 Å². The molecule has 0 saturated heterocycles. The Morgan fingerprint density at radius 3 is 2.50 bits per heavy atom.